The summed E-state index contributed by atoms with van der Waals surface area (Å²) < 4.78 is 11.3. The Morgan fingerprint density at radius 3 is 2.25 bits per heavy atom. The number of cyclic esters (lactones) is 2. The lowest BCUT2D eigenvalue weighted by Gasteiger charge is -2.27. The van der Waals surface area contributed by atoms with Crippen LogP contribution in [-0.4, -0.2) is 24.1 Å². The molecule has 0 radical (unpaired) electrons. The summed E-state index contributed by atoms with van der Waals surface area (Å²) in [6.07, 6.45) is 9.78. The zero-order valence-corrected chi connectivity index (χ0v) is 12.1. The molecule has 0 amide bonds. The predicted octanol–water partition coefficient (Wildman–Crippen LogP) is 3.13. The Morgan fingerprint density at radius 1 is 0.800 bits per heavy atom. The summed E-state index contributed by atoms with van der Waals surface area (Å²) in [5, 5.41) is 0. The van der Waals surface area contributed by atoms with Gasteiger partial charge in [-0.3, -0.25) is 9.59 Å². The first kappa shape index (κ1) is 13.9. The van der Waals surface area contributed by atoms with Gasteiger partial charge in [0, 0.05) is 6.42 Å². The zero-order chi connectivity index (χ0) is 14.0. The number of rotatable bonds is 1. The first-order chi connectivity index (χ1) is 9.70. The second-order valence-corrected chi connectivity index (χ2v) is 6.60. The van der Waals surface area contributed by atoms with Gasteiger partial charge in [0.05, 0.1) is 5.41 Å². The van der Waals surface area contributed by atoms with Gasteiger partial charge in [-0.25, -0.2) is 0 Å². The van der Waals surface area contributed by atoms with E-state index >= 15 is 0 Å². The van der Waals surface area contributed by atoms with Gasteiger partial charge in [0.15, 0.2) is 0 Å². The van der Waals surface area contributed by atoms with E-state index in [0.29, 0.717) is 6.42 Å². The number of ether oxygens (including phenoxy) is 2. The molecule has 2 saturated heterocycles. The van der Waals surface area contributed by atoms with Crippen LogP contribution in [0.15, 0.2) is 0 Å². The smallest absolute Gasteiger partial charge is 0.312 e. The molecular weight excluding hydrogens is 256 g/mol. The fourth-order valence-corrected chi connectivity index (χ4v) is 4.00. The molecule has 2 unspecified atom stereocenters. The van der Waals surface area contributed by atoms with Gasteiger partial charge >= 0.3 is 11.9 Å². The van der Waals surface area contributed by atoms with Crippen LogP contribution in [0.3, 0.4) is 0 Å². The van der Waals surface area contributed by atoms with Gasteiger partial charge in [0.2, 0.25) is 0 Å². The standard InChI is InChI=1S/C16H24O4/c17-14-8-2-1-6-12(19-14)13-7-5-11-16(15(18)20-13)9-3-4-10-16/h12-13H,1-11H2. The average molecular weight is 280 g/mol. The molecule has 2 heterocycles. The van der Waals surface area contributed by atoms with Crippen LogP contribution < -0.4 is 0 Å². The molecule has 0 aromatic carbocycles. The molecule has 3 fully saturated rings. The molecule has 0 N–H and O–H groups in total. The monoisotopic (exact) mass is 280 g/mol. The van der Waals surface area contributed by atoms with E-state index in [2.05, 4.69) is 0 Å². The van der Waals surface area contributed by atoms with Crippen LogP contribution in [0.4, 0.5) is 0 Å². The second-order valence-electron chi connectivity index (χ2n) is 6.60. The Hall–Kier alpha value is -1.06. The Kier molecular flexibility index (Phi) is 3.99. The zero-order valence-electron chi connectivity index (χ0n) is 12.1. The molecule has 0 aromatic heterocycles. The van der Waals surface area contributed by atoms with Crippen LogP contribution in [0, 0.1) is 5.41 Å². The van der Waals surface area contributed by atoms with Crippen LogP contribution >= 0.6 is 0 Å². The number of hydrogen-bond acceptors (Lipinski definition) is 4. The minimum atomic E-state index is -0.219. The van der Waals surface area contributed by atoms with Crippen molar-refractivity contribution in [2.75, 3.05) is 0 Å². The van der Waals surface area contributed by atoms with E-state index in [-0.39, 0.29) is 29.6 Å². The first-order valence-electron chi connectivity index (χ1n) is 8.10. The van der Waals surface area contributed by atoms with Gasteiger partial charge in [-0.1, -0.05) is 12.8 Å². The SMILES string of the molecule is O=C1CCCCC(C2CCCC3(CCCC3)C(=O)O2)O1. The van der Waals surface area contributed by atoms with E-state index < -0.39 is 0 Å². The first-order valence-corrected chi connectivity index (χ1v) is 8.10. The second kappa shape index (κ2) is 5.74. The molecule has 1 aliphatic carbocycles. The third-order valence-corrected chi connectivity index (χ3v) is 5.21. The number of carbonyl (C=O) groups is 2. The lowest BCUT2D eigenvalue weighted by molar-refractivity contribution is -0.173. The highest BCUT2D eigenvalue weighted by molar-refractivity contribution is 5.77. The van der Waals surface area contributed by atoms with Crippen molar-refractivity contribution in [3.8, 4) is 0 Å². The molecule has 0 bridgehead atoms. The average Bonchev–Trinajstić information content (AvgIpc) is 2.72. The largest absolute Gasteiger partial charge is 0.458 e. The van der Waals surface area contributed by atoms with Crippen molar-refractivity contribution in [2.45, 2.75) is 82.8 Å². The molecule has 4 heteroatoms. The molecule has 2 atom stereocenters. The number of carbonyl (C=O) groups excluding carboxylic acids is 2. The fraction of sp³-hybridized carbons (Fsp3) is 0.875. The van der Waals surface area contributed by atoms with Crippen LogP contribution in [0.25, 0.3) is 0 Å². The molecule has 1 spiro atoms. The van der Waals surface area contributed by atoms with E-state index in [0.717, 1.165) is 64.2 Å². The van der Waals surface area contributed by atoms with Gasteiger partial charge in [-0.05, 0) is 51.4 Å². The maximum atomic E-state index is 12.5. The minimum absolute atomic E-state index is 0.0298. The lowest BCUT2D eigenvalue weighted by Crippen LogP contribution is -2.36. The van der Waals surface area contributed by atoms with E-state index in [1.54, 1.807) is 0 Å². The highest BCUT2D eigenvalue weighted by atomic mass is 16.6. The quantitative estimate of drug-likeness (QED) is 0.692. The Labute approximate surface area is 120 Å². The maximum absolute atomic E-state index is 12.5. The van der Waals surface area contributed by atoms with E-state index in [1.165, 1.54) is 0 Å². The minimum Gasteiger partial charge on any atom is -0.458 e. The molecule has 4 nitrogen and oxygen atoms in total. The number of hydrogen-bond donors (Lipinski definition) is 0. The Morgan fingerprint density at radius 2 is 1.45 bits per heavy atom. The fourth-order valence-electron chi connectivity index (χ4n) is 4.00. The summed E-state index contributed by atoms with van der Waals surface area (Å²) in [5.74, 6) is -0.166. The maximum Gasteiger partial charge on any atom is 0.312 e. The van der Waals surface area contributed by atoms with Gasteiger partial charge in [-0.2, -0.15) is 0 Å². The summed E-state index contributed by atoms with van der Waals surface area (Å²) in [4.78, 5) is 24.1. The predicted molar refractivity (Wildman–Crippen MR) is 73.0 cm³/mol. The highest BCUT2D eigenvalue weighted by Crippen LogP contribution is 2.45. The van der Waals surface area contributed by atoms with Gasteiger partial charge in [0.25, 0.3) is 0 Å². The summed E-state index contributed by atoms with van der Waals surface area (Å²) in [7, 11) is 0. The van der Waals surface area contributed by atoms with E-state index in [9.17, 15) is 9.59 Å². The van der Waals surface area contributed by atoms with Crippen molar-refractivity contribution in [1.82, 2.24) is 0 Å². The molecule has 0 aromatic rings. The molecule has 2 aliphatic heterocycles. The molecule has 3 rings (SSSR count). The van der Waals surface area contributed by atoms with Crippen molar-refractivity contribution in [2.24, 2.45) is 5.41 Å². The van der Waals surface area contributed by atoms with Crippen molar-refractivity contribution < 1.29 is 19.1 Å². The molecule has 1 saturated carbocycles. The third kappa shape index (κ3) is 2.70. The van der Waals surface area contributed by atoms with Crippen LogP contribution in [0.1, 0.15) is 70.6 Å². The van der Waals surface area contributed by atoms with Gasteiger partial charge in [0.1, 0.15) is 12.2 Å². The van der Waals surface area contributed by atoms with E-state index in [4.69, 9.17) is 9.47 Å². The van der Waals surface area contributed by atoms with Gasteiger partial charge < -0.3 is 9.47 Å². The highest BCUT2D eigenvalue weighted by Gasteiger charge is 2.46. The van der Waals surface area contributed by atoms with Gasteiger partial charge in [-0.15, -0.1) is 0 Å². The summed E-state index contributed by atoms with van der Waals surface area (Å²) in [6, 6.07) is 0. The van der Waals surface area contributed by atoms with Crippen LogP contribution in [0.2, 0.25) is 0 Å². The van der Waals surface area contributed by atoms with Crippen molar-refractivity contribution in [3.05, 3.63) is 0 Å². The Bertz CT molecular complexity index is 384. The van der Waals surface area contributed by atoms with Crippen molar-refractivity contribution in [3.63, 3.8) is 0 Å². The normalized spacial score (nSPS) is 34.2. The van der Waals surface area contributed by atoms with Crippen molar-refractivity contribution >= 4 is 11.9 Å². The Balaban J connectivity index is 1.69. The molecule has 3 aliphatic rings. The lowest BCUT2D eigenvalue weighted by atomic mass is 9.81. The van der Waals surface area contributed by atoms with Crippen molar-refractivity contribution in [1.29, 1.82) is 0 Å². The molecule has 112 valence electrons. The summed E-state index contributed by atoms with van der Waals surface area (Å²) >= 11 is 0. The third-order valence-electron chi connectivity index (χ3n) is 5.21. The molecule has 20 heavy (non-hydrogen) atoms. The topological polar surface area (TPSA) is 52.6 Å². The number of esters is 2. The molecular formula is C16H24O4. The van der Waals surface area contributed by atoms with Crippen LogP contribution in [0.5, 0.6) is 0 Å². The summed E-state index contributed by atoms with van der Waals surface area (Å²) in [6.45, 7) is 0. The summed E-state index contributed by atoms with van der Waals surface area (Å²) in [5.41, 5.74) is -0.219. The van der Waals surface area contributed by atoms with E-state index in [1.807, 2.05) is 0 Å². The van der Waals surface area contributed by atoms with Crippen LogP contribution in [-0.2, 0) is 19.1 Å².